The van der Waals surface area contributed by atoms with Crippen molar-refractivity contribution in [2.24, 2.45) is 0 Å². The van der Waals surface area contributed by atoms with Crippen molar-refractivity contribution in [2.45, 2.75) is 26.8 Å². The number of nitrogens with zero attached hydrogens (tertiary/aromatic N) is 2. The fraction of sp³-hybridized carbons (Fsp3) is 0.292. The Kier molecular flexibility index (Phi) is 4.40. The maximum absolute atomic E-state index is 5.58. The van der Waals surface area contributed by atoms with Crippen LogP contribution in [0.3, 0.4) is 0 Å². The van der Waals surface area contributed by atoms with E-state index in [4.69, 9.17) is 4.42 Å². The molecule has 148 valence electrons. The quantitative estimate of drug-likeness (QED) is 0.520. The van der Waals surface area contributed by atoms with E-state index in [1.165, 1.54) is 33.4 Å². The molecule has 0 bridgehead atoms. The van der Waals surface area contributed by atoms with Crippen LogP contribution in [0.4, 0.5) is 5.82 Å². The van der Waals surface area contributed by atoms with Crippen molar-refractivity contribution in [1.29, 1.82) is 0 Å². The second-order valence-corrected chi connectivity index (χ2v) is 8.04. The predicted molar refractivity (Wildman–Crippen MR) is 116 cm³/mol. The highest BCUT2D eigenvalue weighted by Gasteiger charge is 2.30. The van der Waals surface area contributed by atoms with Gasteiger partial charge < -0.3 is 14.7 Å². The molecule has 4 aromatic rings. The van der Waals surface area contributed by atoms with Gasteiger partial charge in [-0.25, -0.2) is 0 Å². The number of aryl methyl sites for hydroxylation is 3. The number of nitrogens with one attached hydrogen (secondary N) is 2. The zero-order valence-corrected chi connectivity index (χ0v) is 17.2. The molecule has 1 aromatic carbocycles. The summed E-state index contributed by atoms with van der Waals surface area (Å²) in [5.74, 6) is 2.13. The van der Waals surface area contributed by atoms with E-state index in [1.54, 1.807) is 6.26 Å². The number of pyridine rings is 1. The molecule has 1 atom stereocenters. The van der Waals surface area contributed by atoms with Crippen LogP contribution >= 0.6 is 0 Å². The Morgan fingerprint density at radius 3 is 2.76 bits per heavy atom. The van der Waals surface area contributed by atoms with Crippen LogP contribution in [0.25, 0.3) is 16.6 Å². The van der Waals surface area contributed by atoms with Gasteiger partial charge in [0.15, 0.2) is 5.69 Å². The molecule has 1 aliphatic rings. The van der Waals surface area contributed by atoms with E-state index in [2.05, 4.69) is 76.3 Å². The zero-order chi connectivity index (χ0) is 20.0. The SMILES string of the molecule is Cc1ccc2[nH]cc(C3CN(c4ccc(C)c[n+]4-c4ccoc4C)CCN3)c2c1. The monoisotopic (exact) mass is 387 g/mol. The lowest BCUT2D eigenvalue weighted by molar-refractivity contribution is -0.583. The van der Waals surface area contributed by atoms with Crippen molar-refractivity contribution in [3.63, 3.8) is 0 Å². The Bertz CT molecular complexity index is 1170. The number of fused-ring (bicyclic) bond motifs is 1. The number of anilines is 1. The number of aromatic nitrogens is 2. The predicted octanol–water partition coefficient (Wildman–Crippen LogP) is 4.11. The van der Waals surface area contributed by atoms with Crippen LogP contribution in [0.5, 0.6) is 0 Å². The average molecular weight is 388 g/mol. The lowest BCUT2D eigenvalue weighted by Gasteiger charge is -2.30. The van der Waals surface area contributed by atoms with Gasteiger partial charge in [-0.15, -0.1) is 0 Å². The topological polar surface area (TPSA) is 48.1 Å². The third-order valence-corrected chi connectivity index (χ3v) is 5.91. The van der Waals surface area contributed by atoms with Gasteiger partial charge in [0.2, 0.25) is 0 Å². The Balaban J connectivity index is 1.52. The van der Waals surface area contributed by atoms with Crippen molar-refractivity contribution in [3.8, 4) is 5.69 Å². The first-order chi connectivity index (χ1) is 14.1. The first kappa shape index (κ1) is 18.0. The molecule has 5 heteroatoms. The molecule has 5 rings (SSSR count). The second-order valence-electron chi connectivity index (χ2n) is 8.04. The van der Waals surface area contributed by atoms with Gasteiger partial charge in [0.05, 0.1) is 25.0 Å². The van der Waals surface area contributed by atoms with Gasteiger partial charge in [-0.2, -0.15) is 4.57 Å². The Labute approximate surface area is 171 Å². The molecule has 29 heavy (non-hydrogen) atoms. The molecule has 1 aliphatic heterocycles. The Morgan fingerprint density at radius 1 is 1.07 bits per heavy atom. The van der Waals surface area contributed by atoms with Crippen molar-refractivity contribution in [1.82, 2.24) is 10.3 Å². The van der Waals surface area contributed by atoms with Crippen molar-refractivity contribution >= 4 is 16.7 Å². The molecule has 0 saturated carbocycles. The van der Waals surface area contributed by atoms with Crippen molar-refractivity contribution < 1.29 is 8.98 Å². The maximum atomic E-state index is 5.58. The van der Waals surface area contributed by atoms with E-state index in [0.29, 0.717) is 0 Å². The van der Waals surface area contributed by atoms with Crippen LogP contribution in [0.2, 0.25) is 0 Å². The smallest absolute Gasteiger partial charge is 0.281 e. The van der Waals surface area contributed by atoms with E-state index >= 15 is 0 Å². The summed E-state index contributed by atoms with van der Waals surface area (Å²) < 4.78 is 7.84. The van der Waals surface area contributed by atoms with Crippen LogP contribution in [0.1, 0.15) is 28.5 Å². The van der Waals surface area contributed by atoms with Gasteiger partial charge in [-0.1, -0.05) is 11.6 Å². The average Bonchev–Trinajstić information content (AvgIpc) is 3.33. The molecular formula is C24H27N4O+. The molecule has 2 N–H and O–H groups in total. The standard InChI is InChI=1S/C24H27N4O/c1-16-4-6-21-19(12-16)20(13-26-21)22-15-27(10-9-25-22)24-7-5-17(2)14-28(24)23-8-11-29-18(23)3/h4-8,11-14,22,25-26H,9-10,15H2,1-3H3/q+1. The van der Waals surface area contributed by atoms with Crippen LogP contribution in [-0.4, -0.2) is 24.6 Å². The van der Waals surface area contributed by atoms with Crippen molar-refractivity contribution in [2.75, 3.05) is 24.5 Å². The molecule has 1 fully saturated rings. The highest BCUT2D eigenvalue weighted by atomic mass is 16.3. The molecule has 0 aliphatic carbocycles. The first-order valence-electron chi connectivity index (χ1n) is 10.2. The van der Waals surface area contributed by atoms with Crippen LogP contribution in [0, 0.1) is 20.8 Å². The van der Waals surface area contributed by atoms with Gasteiger partial charge >= 0.3 is 0 Å². The van der Waals surface area contributed by atoms with Gasteiger partial charge in [0, 0.05) is 35.8 Å². The fourth-order valence-electron chi connectivity index (χ4n) is 4.39. The van der Waals surface area contributed by atoms with Crippen LogP contribution in [0.15, 0.2) is 59.5 Å². The minimum absolute atomic E-state index is 0.277. The highest BCUT2D eigenvalue weighted by molar-refractivity contribution is 5.84. The number of rotatable bonds is 3. The van der Waals surface area contributed by atoms with E-state index < -0.39 is 0 Å². The molecule has 0 amide bonds. The Morgan fingerprint density at radius 2 is 1.93 bits per heavy atom. The molecule has 3 aromatic heterocycles. The summed E-state index contributed by atoms with van der Waals surface area (Å²) in [4.78, 5) is 5.91. The maximum Gasteiger partial charge on any atom is 0.281 e. The number of H-pyrrole nitrogens is 1. The first-order valence-corrected chi connectivity index (χ1v) is 10.2. The number of piperazine rings is 1. The van der Waals surface area contributed by atoms with Crippen LogP contribution in [-0.2, 0) is 0 Å². The number of hydrogen-bond acceptors (Lipinski definition) is 3. The second kappa shape index (κ2) is 7.08. The summed E-state index contributed by atoms with van der Waals surface area (Å²) in [7, 11) is 0. The molecule has 1 unspecified atom stereocenters. The largest absolute Gasteiger partial charge is 0.465 e. The lowest BCUT2D eigenvalue weighted by atomic mass is 10.0. The molecule has 4 heterocycles. The third kappa shape index (κ3) is 3.21. The number of aromatic amines is 1. The third-order valence-electron chi connectivity index (χ3n) is 5.91. The Hall–Kier alpha value is -3.05. The normalized spacial score (nSPS) is 17.2. The van der Waals surface area contributed by atoms with E-state index in [-0.39, 0.29) is 6.04 Å². The minimum atomic E-state index is 0.277. The molecule has 1 saturated heterocycles. The summed E-state index contributed by atoms with van der Waals surface area (Å²) >= 11 is 0. The summed E-state index contributed by atoms with van der Waals surface area (Å²) in [5, 5.41) is 5.03. The molecular weight excluding hydrogens is 360 g/mol. The highest BCUT2D eigenvalue weighted by Crippen LogP contribution is 2.28. The van der Waals surface area contributed by atoms with E-state index in [9.17, 15) is 0 Å². The summed E-state index contributed by atoms with van der Waals surface area (Å²) in [6.45, 7) is 9.13. The zero-order valence-electron chi connectivity index (χ0n) is 17.2. The van der Waals surface area contributed by atoms with E-state index in [0.717, 1.165) is 31.1 Å². The number of furan rings is 1. The van der Waals surface area contributed by atoms with E-state index in [1.807, 2.05) is 13.0 Å². The summed E-state index contributed by atoms with van der Waals surface area (Å²) in [6.07, 6.45) is 6.12. The molecule has 5 nitrogen and oxygen atoms in total. The van der Waals surface area contributed by atoms with Gasteiger partial charge in [-0.05, 0) is 50.1 Å². The minimum Gasteiger partial charge on any atom is -0.465 e. The molecule has 0 radical (unpaired) electrons. The van der Waals surface area contributed by atoms with Gasteiger partial charge in [-0.3, -0.25) is 4.90 Å². The fourth-order valence-corrected chi connectivity index (χ4v) is 4.39. The lowest BCUT2D eigenvalue weighted by Crippen LogP contribution is -2.50. The van der Waals surface area contributed by atoms with Gasteiger partial charge in [0.25, 0.3) is 5.82 Å². The van der Waals surface area contributed by atoms with Crippen LogP contribution < -0.4 is 14.8 Å². The number of hydrogen-bond donors (Lipinski definition) is 2. The van der Waals surface area contributed by atoms with Crippen molar-refractivity contribution in [3.05, 3.63) is 77.5 Å². The van der Waals surface area contributed by atoms with Gasteiger partial charge in [0.1, 0.15) is 12.3 Å². The number of benzene rings is 1. The summed E-state index contributed by atoms with van der Waals surface area (Å²) in [6, 6.07) is 13.3. The summed E-state index contributed by atoms with van der Waals surface area (Å²) in [5.41, 5.74) is 6.16. The molecule has 0 spiro atoms.